The summed E-state index contributed by atoms with van der Waals surface area (Å²) in [5, 5.41) is 7.60. The predicted octanol–water partition coefficient (Wildman–Crippen LogP) is 2.66. The second-order valence-electron chi connectivity index (χ2n) is 2.40. The fourth-order valence-corrected chi connectivity index (χ4v) is 1.02. The van der Waals surface area contributed by atoms with Crippen molar-refractivity contribution in [3.8, 4) is 0 Å². The SMILES string of the molecule is C=CC(=O)O.SCCCCCCS. The molecule has 0 rings (SSSR count). The number of carbonyl (C=O) groups is 1. The first-order valence-electron chi connectivity index (χ1n) is 4.26. The molecule has 0 aliphatic carbocycles. The lowest BCUT2D eigenvalue weighted by molar-refractivity contribution is -0.131. The van der Waals surface area contributed by atoms with Crippen LogP contribution in [-0.4, -0.2) is 22.6 Å². The van der Waals surface area contributed by atoms with Gasteiger partial charge in [0.25, 0.3) is 0 Å². The number of hydrogen-bond acceptors (Lipinski definition) is 3. The zero-order valence-electron chi connectivity index (χ0n) is 7.78. The van der Waals surface area contributed by atoms with E-state index in [0.29, 0.717) is 0 Å². The summed E-state index contributed by atoms with van der Waals surface area (Å²) in [4.78, 5) is 9.25. The molecule has 2 nitrogen and oxygen atoms in total. The van der Waals surface area contributed by atoms with E-state index in [4.69, 9.17) is 5.11 Å². The highest BCUT2D eigenvalue weighted by molar-refractivity contribution is 7.80. The average molecular weight is 222 g/mol. The highest BCUT2D eigenvalue weighted by atomic mass is 32.1. The normalized spacial score (nSPS) is 8.46. The number of rotatable bonds is 6. The Morgan fingerprint density at radius 2 is 1.46 bits per heavy atom. The Morgan fingerprint density at radius 3 is 1.62 bits per heavy atom. The van der Waals surface area contributed by atoms with E-state index >= 15 is 0 Å². The summed E-state index contributed by atoms with van der Waals surface area (Å²) in [5.41, 5.74) is 0. The summed E-state index contributed by atoms with van der Waals surface area (Å²) in [7, 11) is 0. The van der Waals surface area contributed by atoms with E-state index in [1.165, 1.54) is 25.7 Å². The number of unbranched alkanes of at least 4 members (excludes halogenated alkanes) is 3. The van der Waals surface area contributed by atoms with Crippen molar-refractivity contribution in [2.24, 2.45) is 0 Å². The van der Waals surface area contributed by atoms with Gasteiger partial charge in [-0.25, -0.2) is 4.79 Å². The van der Waals surface area contributed by atoms with Gasteiger partial charge in [-0.1, -0.05) is 19.4 Å². The topological polar surface area (TPSA) is 37.3 Å². The van der Waals surface area contributed by atoms with Gasteiger partial charge in [0.1, 0.15) is 0 Å². The van der Waals surface area contributed by atoms with E-state index in [1.54, 1.807) is 0 Å². The van der Waals surface area contributed by atoms with Gasteiger partial charge in [0, 0.05) is 6.08 Å². The van der Waals surface area contributed by atoms with Crippen molar-refractivity contribution in [2.45, 2.75) is 25.7 Å². The van der Waals surface area contributed by atoms with Crippen LogP contribution in [0.4, 0.5) is 0 Å². The van der Waals surface area contributed by atoms with E-state index in [-0.39, 0.29) is 0 Å². The molecule has 0 saturated heterocycles. The fourth-order valence-electron chi connectivity index (χ4n) is 0.577. The molecule has 0 aromatic carbocycles. The van der Waals surface area contributed by atoms with Crippen LogP contribution in [0.2, 0.25) is 0 Å². The Bertz CT molecular complexity index is 121. The van der Waals surface area contributed by atoms with Gasteiger partial charge in [0.15, 0.2) is 0 Å². The van der Waals surface area contributed by atoms with Gasteiger partial charge in [-0.2, -0.15) is 25.3 Å². The molecule has 13 heavy (non-hydrogen) atoms. The fraction of sp³-hybridized carbons (Fsp3) is 0.667. The third-order valence-electron chi connectivity index (χ3n) is 1.24. The van der Waals surface area contributed by atoms with Crippen molar-refractivity contribution < 1.29 is 9.90 Å². The van der Waals surface area contributed by atoms with E-state index in [2.05, 4.69) is 31.8 Å². The quantitative estimate of drug-likeness (QED) is 0.367. The van der Waals surface area contributed by atoms with Crippen LogP contribution in [0.25, 0.3) is 0 Å². The van der Waals surface area contributed by atoms with Gasteiger partial charge in [-0.15, -0.1) is 0 Å². The number of hydrogen-bond donors (Lipinski definition) is 3. The summed E-state index contributed by atoms with van der Waals surface area (Å²) < 4.78 is 0. The van der Waals surface area contributed by atoms with Gasteiger partial charge in [-0.05, 0) is 24.3 Å². The zero-order chi connectivity index (χ0) is 10.5. The first kappa shape index (κ1) is 15.4. The molecule has 0 radical (unpaired) electrons. The summed E-state index contributed by atoms with van der Waals surface area (Å²) in [5.74, 6) is 1.09. The smallest absolute Gasteiger partial charge is 0.327 e. The Labute approximate surface area is 91.2 Å². The standard InChI is InChI=1S/C6H14S2.C3H4O2/c7-5-3-1-2-4-6-8;1-2-3(4)5/h7-8H,1-6H2;2H,1H2,(H,4,5). The van der Waals surface area contributed by atoms with Crippen LogP contribution in [0.15, 0.2) is 12.7 Å². The largest absolute Gasteiger partial charge is 0.478 e. The van der Waals surface area contributed by atoms with Crippen molar-refractivity contribution >= 4 is 31.2 Å². The number of aliphatic carboxylic acids is 1. The molecule has 0 unspecified atom stereocenters. The molecule has 0 amide bonds. The molecule has 0 bridgehead atoms. The van der Waals surface area contributed by atoms with E-state index in [0.717, 1.165) is 17.6 Å². The summed E-state index contributed by atoms with van der Waals surface area (Å²) >= 11 is 8.21. The van der Waals surface area contributed by atoms with Crippen molar-refractivity contribution in [3.63, 3.8) is 0 Å². The minimum absolute atomic E-state index is 0.833. The van der Waals surface area contributed by atoms with Gasteiger partial charge in [0.05, 0.1) is 0 Å². The maximum Gasteiger partial charge on any atom is 0.327 e. The molecule has 4 heteroatoms. The van der Waals surface area contributed by atoms with Gasteiger partial charge in [-0.3, -0.25) is 0 Å². The van der Waals surface area contributed by atoms with Gasteiger partial charge in [0.2, 0.25) is 0 Å². The Morgan fingerprint density at radius 1 is 1.15 bits per heavy atom. The van der Waals surface area contributed by atoms with E-state index in [9.17, 15) is 4.79 Å². The molecule has 1 N–H and O–H groups in total. The highest BCUT2D eigenvalue weighted by Crippen LogP contribution is 2.00. The molecule has 0 fully saturated rings. The monoisotopic (exact) mass is 222 g/mol. The van der Waals surface area contributed by atoms with Crippen molar-refractivity contribution in [3.05, 3.63) is 12.7 Å². The van der Waals surface area contributed by atoms with Crippen LogP contribution in [0.3, 0.4) is 0 Å². The van der Waals surface area contributed by atoms with Crippen LogP contribution in [0.1, 0.15) is 25.7 Å². The first-order valence-corrected chi connectivity index (χ1v) is 5.52. The second-order valence-corrected chi connectivity index (χ2v) is 3.30. The summed E-state index contributed by atoms with van der Waals surface area (Å²) in [6.07, 6.45) is 6.00. The first-order chi connectivity index (χ1) is 6.18. The molecule has 0 aliphatic heterocycles. The highest BCUT2D eigenvalue weighted by Gasteiger charge is 1.84. The van der Waals surface area contributed by atoms with Crippen LogP contribution in [-0.2, 0) is 4.79 Å². The van der Waals surface area contributed by atoms with Crippen LogP contribution in [0.5, 0.6) is 0 Å². The maximum atomic E-state index is 9.25. The van der Waals surface area contributed by atoms with Gasteiger partial charge < -0.3 is 5.11 Å². The molecule has 0 aromatic rings. The Balaban J connectivity index is 0. The molecule has 0 saturated carbocycles. The van der Waals surface area contributed by atoms with Crippen molar-refractivity contribution in [2.75, 3.05) is 11.5 Å². The van der Waals surface area contributed by atoms with Crippen LogP contribution in [0, 0.1) is 0 Å². The molecule has 0 aliphatic rings. The molecule has 0 aromatic heterocycles. The predicted molar refractivity (Wildman–Crippen MR) is 64.0 cm³/mol. The second kappa shape index (κ2) is 14.4. The minimum Gasteiger partial charge on any atom is -0.478 e. The third-order valence-corrected chi connectivity index (χ3v) is 1.87. The van der Waals surface area contributed by atoms with E-state index < -0.39 is 5.97 Å². The number of thiol groups is 2. The number of carboxylic acids is 1. The van der Waals surface area contributed by atoms with Crippen molar-refractivity contribution in [1.29, 1.82) is 0 Å². The lowest BCUT2D eigenvalue weighted by atomic mass is 10.2. The summed E-state index contributed by atoms with van der Waals surface area (Å²) in [6.45, 7) is 2.96. The minimum atomic E-state index is -0.981. The zero-order valence-corrected chi connectivity index (χ0v) is 9.57. The maximum absolute atomic E-state index is 9.25. The van der Waals surface area contributed by atoms with E-state index in [1.807, 2.05) is 0 Å². The molecular weight excluding hydrogens is 204 g/mol. The lowest BCUT2D eigenvalue weighted by Gasteiger charge is -1.93. The molecule has 0 atom stereocenters. The van der Waals surface area contributed by atoms with Gasteiger partial charge >= 0.3 is 5.97 Å². The number of carboxylic acid groups (broad SMARTS) is 1. The Hall–Kier alpha value is -0.0900. The van der Waals surface area contributed by atoms with Crippen LogP contribution >= 0.6 is 25.3 Å². The molecule has 78 valence electrons. The lowest BCUT2D eigenvalue weighted by Crippen LogP contribution is -1.82. The molecular formula is C9H18O2S2. The van der Waals surface area contributed by atoms with Crippen molar-refractivity contribution in [1.82, 2.24) is 0 Å². The molecule has 0 heterocycles. The Kier molecular flexibility index (Phi) is 17.1. The summed E-state index contributed by atoms with van der Waals surface area (Å²) in [6, 6.07) is 0. The van der Waals surface area contributed by atoms with Crippen LogP contribution < -0.4 is 0 Å². The molecule has 0 spiro atoms. The average Bonchev–Trinajstić information content (AvgIpc) is 2.14. The third kappa shape index (κ3) is 24.5.